The van der Waals surface area contributed by atoms with Crippen LogP contribution in [0.2, 0.25) is 5.02 Å². The Bertz CT molecular complexity index is 711. The predicted octanol–water partition coefficient (Wildman–Crippen LogP) is 3.32. The van der Waals surface area contributed by atoms with Crippen molar-refractivity contribution in [2.45, 2.75) is 6.92 Å². The Balaban J connectivity index is 2.51. The quantitative estimate of drug-likeness (QED) is 0.650. The Labute approximate surface area is 129 Å². The smallest absolute Gasteiger partial charge is 0.341 e. The third-order valence-corrected chi connectivity index (χ3v) is 4.41. The van der Waals surface area contributed by atoms with Gasteiger partial charge in [0.15, 0.2) is 18.1 Å². The summed E-state index contributed by atoms with van der Waals surface area (Å²) in [6, 6.07) is 7.03. The Morgan fingerprint density at radius 3 is 2.71 bits per heavy atom. The topological polar surface area (TPSA) is 89.6 Å². The van der Waals surface area contributed by atoms with Gasteiger partial charge in [-0.3, -0.25) is 4.79 Å². The number of nitrogen functional groups attached to an aromatic ring is 1. The summed E-state index contributed by atoms with van der Waals surface area (Å²) < 4.78 is 5.15. The number of ether oxygens (including phenoxy) is 1. The first-order chi connectivity index (χ1) is 9.90. The molecule has 110 valence electrons. The van der Waals surface area contributed by atoms with Gasteiger partial charge in [-0.15, -0.1) is 11.3 Å². The Kier molecular flexibility index (Phi) is 4.50. The first-order valence-corrected chi connectivity index (χ1v) is 7.13. The maximum Gasteiger partial charge on any atom is 0.341 e. The average molecular weight is 326 g/mol. The largest absolute Gasteiger partial charge is 0.479 e. The van der Waals surface area contributed by atoms with Crippen molar-refractivity contribution in [2.75, 3.05) is 12.3 Å². The highest BCUT2D eigenvalue weighted by molar-refractivity contribution is 7.18. The Hall–Kier alpha value is -2.05. The molecule has 0 bridgehead atoms. The van der Waals surface area contributed by atoms with Crippen LogP contribution < -0.4 is 10.5 Å². The van der Waals surface area contributed by atoms with Gasteiger partial charge >= 0.3 is 5.97 Å². The summed E-state index contributed by atoms with van der Waals surface area (Å²) in [5.41, 5.74) is 7.05. The van der Waals surface area contributed by atoms with E-state index >= 15 is 0 Å². The van der Waals surface area contributed by atoms with E-state index in [0.29, 0.717) is 15.4 Å². The fourth-order valence-electron chi connectivity index (χ4n) is 1.76. The van der Waals surface area contributed by atoms with Crippen LogP contribution in [0.4, 0.5) is 5.69 Å². The van der Waals surface area contributed by atoms with Gasteiger partial charge in [0.05, 0.1) is 4.88 Å². The number of hydrogen-bond donors (Lipinski definition) is 2. The monoisotopic (exact) mass is 325 g/mol. The first-order valence-electron chi connectivity index (χ1n) is 5.94. The third-order valence-electron chi connectivity index (χ3n) is 2.62. The molecule has 0 unspecified atom stereocenters. The average Bonchev–Trinajstić information content (AvgIpc) is 2.73. The molecule has 0 amide bonds. The molecule has 0 fully saturated rings. The number of ketones is 1. The summed E-state index contributed by atoms with van der Waals surface area (Å²) in [7, 11) is 0. The molecule has 2 rings (SSSR count). The van der Waals surface area contributed by atoms with Crippen LogP contribution in [0.5, 0.6) is 5.75 Å². The molecule has 7 heteroatoms. The van der Waals surface area contributed by atoms with E-state index in [9.17, 15) is 9.59 Å². The number of carboxylic acid groups (broad SMARTS) is 1. The summed E-state index contributed by atoms with van der Waals surface area (Å²) in [4.78, 5) is 23.2. The van der Waals surface area contributed by atoms with E-state index in [1.165, 1.54) is 6.92 Å². The number of benzene rings is 1. The molecule has 0 saturated carbocycles. The van der Waals surface area contributed by atoms with Gasteiger partial charge in [-0.05, 0) is 17.7 Å². The number of aliphatic carboxylic acids is 1. The standard InChI is InChI=1S/C14H12ClNO4S/c1-7(17)13-12(20-6-10(18)19)11(15)14(21-13)8-3-2-4-9(16)5-8/h2-5H,6,16H2,1H3,(H,18,19). The van der Waals surface area contributed by atoms with Crippen molar-refractivity contribution in [3.8, 4) is 16.2 Å². The van der Waals surface area contributed by atoms with E-state index in [2.05, 4.69) is 0 Å². The van der Waals surface area contributed by atoms with Gasteiger partial charge in [0, 0.05) is 12.6 Å². The lowest BCUT2D eigenvalue weighted by Gasteiger charge is -2.04. The molecule has 1 aromatic carbocycles. The van der Waals surface area contributed by atoms with Crippen LogP contribution in [-0.4, -0.2) is 23.5 Å². The number of hydrogen-bond acceptors (Lipinski definition) is 5. The first kappa shape index (κ1) is 15.3. The van der Waals surface area contributed by atoms with E-state index in [-0.39, 0.29) is 16.6 Å². The van der Waals surface area contributed by atoms with Gasteiger partial charge in [-0.25, -0.2) is 4.79 Å². The van der Waals surface area contributed by atoms with Crippen LogP contribution in [0.1, 0.15) is 16.6 Å². The van der Waals surface area contributed by atoms with Crippen molar-refractivity contribution in [3.63, 3.8) is 0 Å². The van der Waals surface area contributed by atoms with Gasteiger partial charge in [0.2, 0.25) is 0 Å². The predicted molar refractivity (Wildman–Crippen MR) is 82.3 cm³/mol. The lowest BCUT2D eigenvalue weighted by Crippen LogP contribution is -2.10. The van der Waals surface area contributed by atoms with E-state index < -0.39 is 12.6 Å². The van der Waals surface area contributed by atoms with E-state index in [1.54, 1.807) is 24.3 Å². The number of Topliss-reactive ketones (excluding diaryl/α,β-unsaturated/α-hetero) is 1. The second kappa shape index (κ2) is 6.15. The van der Waals surface area contributed by atoms with Crippen molar-refractivity contribution in [1.82, 2.24) is 0 Å². The fourth-order valence-corrected chi connectivity index (χ4v) is 3.21. The molecule has 0 atom stereocenters. The molecule has 2 aromatic rings. The third kappa shape index (κ3) is 3.34. The molecule has 0 spiro atoms. The summed E-state index contributed by atoms with van der Waals surface area (Å²) in [5.74, 6) is -1.27. The highest BCUT2D eigenvalue weighted by Gasteiger charge is 2.22. The number of rotatable bonds is 5. The van der Waals surface area contributed by atoms with Crippen LogP contribution in [0, 0.1) is 0 Å². The van der Waals surface area contributed by atoms with Gasteiger partial charge in [-0.1, -0.05) is 23.7 Å². The number of thiophene rings is 1. The zero-order valence-electron chi connectivity index (χ0n) is 11.1. The van der Waals surface area contributed by atoms with Crippen LogP contribution in [0.15, 0.2) is 24.3 Å². The van der Waals surface area contributed by atoms with Crippen LogP contribution in [0.3, 0.4) is 0 Å². The van der Waals surface area contributed by atoms with Gasteiger partial charge in [0.1, 0.15) is 9.90 Å². The summed E-state index contributed by atoms with van der Waals surface area (Å²) in [6.07, 6.45) is 0. The van der Waals surface area contributed by atoms with E-state index in [0.717, 1.165) is 16.9 Å². The van der Waals surface area contributed by atoms with Crippen LogP contribution in [0.25, 0.3) is 10.4 Å². The lowest BCUT2D eigenvalue weighted by atomic mass is 10.1. The van der Waals surface area contributed by atoms with Gasteiger partial charge in [-0.2, -0.15) is 0 Å². The summed E-state index contributed by atoms with van der Waals surface area (Å²) in [6.45, 7) is 0.812. The number of halogens is 1. The highest BCUT2D eigenvalue weighted by Crippen LogP contribution is 2.45. The molecule has 0 aliphatic heterocycles. The second-order valence-electron chi connectivity index (χ2n) is 4.27. The number of carbonyl (C=O) groups is 2. The molecule has 1 aromatic heterocycles. The molecular formula is C14H12ClNO4S. The van der Waals surface area contributed by atoms with Crippen molar-refractivity contribution < 1.29 is 19.4 Å². The SMILES string of the molecule is CC(=O)c1sc(-c2cccc(N)c2)c(Cl)c1OCC(=O)O. The molecule has 0 aliphatic rings. The minimum atomic E-state index is -1.14. The maximum atomic E-state index is 11.7. The minimum absolute atomic E-state index is 0.106. The number of nitrogens with two attached hydrogens (primary N) is 1. The second-order valence-corrected chi connectivity index (χ2v) is 5.67. The summed E-state index contributed by atoms with van der Waals surface area (Å²) >= 11 is 7.40. The van der Waals surface area contributed by atoms with Crippen molar-refractivity contribution >= 4 is 40.4 Å². The van der Waals surface area contributed by atoms with Crippen molar-refractivity contribution in [3.05, 3.63) is 34.2 Å². The van der Waals surface area contributed by atoms with Crippen molar-refractivity contribution in [1.29, 1.82) is 0 Å². The summed E-state index contributed by atoms with van der Waals surface area (Å²) in [5, 5.41) is 8.91. The van der Waals surface area contributed by atoms with Gasteiger partial charge < -0.3 is 15.6 Å². The lowest BCUT2D eigenvalue weighted by molar-refractivity contribution is -0.139. The Morgan fingerprint density at radius 1 is 1.43 bits per heavy atom. The van der Waals surface area contributed by atoms with Crippen LogP contribution in [-0.2, 0) is 4.79 Å². The zero-order chi connectivity index (χ0) is 15.6. The van der Waals surface area contributed by atoms with Gasteiger partial charge in [0.25, 0.3) is 0 Å². The molecular weight excluding hydrogens is 314 g/mol. The molecule has 0 radical (unpaired) electrons. The molecule has 0 saturated heterocycles. The molecule has 1 heterocycles. The van der Waals surface area contributed by atoms with E-state index in [4.69, 9.17) is 27.2 Å². The highest BCUT2D eigenvalue weighted by atomic mass is 35.5. The van der Waals surface area contributed by atoms with Crippen LogP contribution >= 0.6 is 22.9 Å². The molecule has 3 N–H and O–H groups in total. The normalized spacial score (nSPS) is 10.4. The van der Waals surface area contributed by atoms with Crippen molar-refractivity contribution in [2.24, 2.45) is 0 Å². The van der Waals surface area contributed by atoms with E-state index in [1.807, 2.05) is 0 Å². The Morgan fingerprint density at radius 2 is 2.14 bits per heavy atom. The molecule has 0 aliphatic carbocycles. The number of anilines is 1. The number of carboxylic acids is 1. The molecule has 5 nitrogen and oxygen atoms in total. The fraction of sp³-hybridized carbons (Fsp3) is 0.143. The number of carbonyl (C=O) groups excluding carboxylic acids is 1. The maximum absolute atomic E-state index is 11.7. The molecule has 21 heavy (non-hydrogen) atoms. The zero-order valence-corrected chi connectivity index (χ0v) is 12.6. The minimum Gasteiger partial charge on any atom is -0.479 e.